The molecule has 4 aromatic heterocycles. The van der Waals surface area contributed by atoms with Crippen LogP contribution in [-0.4, -0.2) is 34.6 Å². The number of primary amides is 2. The number of nitrogen functional groups attached to an aromatic ring is 1. The zero-order chi connectivity index (χ0) is 32.9. The summed E-state index contributed by atoms with van der Waals surface area (Å²) in [6, 6.07) is 19.6. The Morgan fingerprint density at radius 1 is 0.766 bits per heavy atom. The van der Waals surface area contributed by atoms with Crippen molar-refractivity contribution < 1.29 is 14.4 Å². The van der Waals surface area contributed by atoms with Crippen LogP contribution < -0.4 is 22.5 Å². The zero-order valence-electron chi connectivity index (χ0n) is 25.5. The second-order valence-corrected chi connectivity index (χ2v) is 13.8. The highest BCUT2D eigenvalue weighted by Crippen LogP contribution is 2.36. The van der Waals surface area contributed by atoms with Crippen LogP contribution in [-0.2, 0) is 4.79 Å². The van der Waals surface area contributed by atoms with Crippen LogP contribution in [0.25, 0.3) is 42.4 Å². The van der Waals surface area contributed by atoms with Gasteiger partial charge in [-0.15, -0.1) is 22.7 Å². The Hall–Kier alpha value is -5.13. The fourth-order valence-corrected chi connectivity index (χ4v) is 6.76. The molecule has 2 aliphatic rings. The number of aldehydes is 1. The number of pyridine rings is 2. The van der Waals surface area contributed by atoms with Crippen LogP contribution in [0.1, 0.15) is 45.0 Å². The molecule has 2 fully saturated rings. The maximum atomic E-state index is 11.4. The van der Waals surface area contributed by atoms with E-state index >= 15 is 0 Å². The molecule has 0 atom stereocenters. The number of hydrogen-bond acceptors (Lipinski definition) is 9. The number of nitrogens with one attached hydrogen (secondary N) is 1. The van der Waals surface area contributed by atoms with Gasteiger partial charge in [-0.1, -0.05) is 24.3 Å². The van der Waals surface area contributed by atoms with E-state index in [4.69, 9.17) is 17.2 Å². The van der Waals surface area contributed by atoms with E-state index in [0.717, 1.165) is 79.7 Å². The maximum Gasteiger partial charge on any atom is 0.258 e. The number of aromatic nitrogens is 2. The fourth-order valence-electron chi connectivity index (χ4n) is 4.94. The van der Waals surface area contributed by atoms with Crippen LogP contribution in [0.2, 0.25) is 0 Å². The summed E-state index contributed by atoms with van der Waals surface area (Å²) in [6.07, 6.45) is 13.1. The van der Waals surface area contributed by atoms with Crippen molar-refractivity contribution in [2.75, 3.05) is 17.6 Å². The van der Waals surface area contributed by atoms with Gasteiger partial charge in [-0.3, -0.25) is 19.6 Å². The topological polar surface area (TPSA) is 167 Å². The Morgan fingerprint density at radius 2 is 1.32 bits per heavy atom. The molecule has 0 radical (unpaired) electrons. The first kappa shape index (κ1) is 31.8. The van der Waals surface area contributed by atoms with Crippen LogP contribution in [0.15, 0.2) is 85.5 Å². The van der Waals surface area contributed by atoms with Gasteiger partial charge >= 0.3 is 0 Å². The molecular weight excluding hydrogens is 629 g/mol. The Labute approximate surface area is 279 Å². The number of nitrogens with two attached hydrogens (primary N) is 3. The summed E-state index contributed by atoms with van der Waals surface area (Å²) in [4.78, 5) is 41.9. The molecule has 238 valence electrons. The van der Waals surface area contributed by atoms with Gasteiger partial charge in [-0.2, -0.15) is 0 Å². The van der Waals surface area contributed by atoms with Gasteiger partial charge in [0.25, 0.3) is 11.8 Å². The summed E-state index contributed by atoms with van der Waals surface area (Å²) >= 11 is 2.74. The molecule has 2 aromatic carbocycles. The van der Waals surface area contributed by atoms with Crippen LogP contribution >= 0.6 is 22.7 Å². The first-order valence-electron chi connectivity index (χ1n) is 15.3. The Balaban J connectivity index is 0.000000145. The van der Waals surface area contributed by atoms with Gasteiger partial charge < -0.3 is 27.3 Å². The summed E-state index contributed by atoms with van der Waals surface area (Å²) in [5.74, 6) is 0.477. The summed E-state index contributed by atoms with van der Waals surface area (Å²) in [7, 11) is 0. The molecule has 6 aromatic rings. The summed E-state index contributed by atoms with van der Waals surface area (Å²) in [6.45, 7) is 1.04. The molecule has 47 heavy (non-hydrogen) atoms. The minimum absolute atomic E-state index is 0.392. The number of thiophene rings is 2. The largest absolute Gasteiger partial charge is 0.399 e. The molecule has 0 bridgehead atoms. The van der Waals surface area contributed by atoms with Crippen molar-refractivity contribution >= 4 is 72.3 Å². The first-order chi connectivity index (χ1) is 22.8. The molecule has 2 saturated carbocycles. The monoisotopic (exact) mass is 662 g/mol. The van der Waals surface area contributed by atoms with E-state index in [0.29, 0.717) is 21.4 Å². The lowest BCUT2D eigenvalue weighted by atomic mass is 10.0. The molecule has 0 saturated heterocycles. The van der Waals surface area contributed by atoms with Crippen LogP contribution in [0.5, 0.6) is 0 Å². The molecule has 11 heteroatoms. The van der Waals surface area contributed by atoms with Crippen molar-refractivity contribution in [3.8, 4) is 22.3 Å². The Bertz CT molecular complexity index is 2080. The van der Waals surface area contributed by atoms with Gasteiger partial charge in [0.05, 0.1) is 19.2 Å². The lowest BCUT2D eigenvalue weighted by Crippen LogP contribution is -2.08. The van der Waals surface area contributed by atoms with Gasteiger partial charge in [0.15, 0.2) is 0 Å². The predicted molar refractivity (Wildman–Crippen MR) is 192 cm³/mol. The quantitative estimate of drug-likeness (QED) is 0.0994. The number of amides is 2. The molecule has 7 N–H and O–H groups in total. The van der Waals surface area contributed by atoms with E-state index < -0.39 is 11.8 Å². The van der Waals surface area contributed by atoms with Crippen molar-refractivity contribution in [2.45, 2.75) is 25.7 Å². The lowest BCUT2D eigenvalue weighted by Gasteiger charge is -2.08. The summed E-state index contributed by atoms with van der Waals surface area (Å²) in [5.41, 5.74) is 22.4. The minimum Gasteiger partial charge on any atom is -0.399 e. The third-order valence-electron chi connectivity index (χ3n) is 7.86. The van der Waals surface area contributed by atoms with Gasteiger partial charge in [-0.25, -0.2) is 0 Å². The van der Waals surface area contributed by atoms with Crippen LogP contribution in [0, 0.1) is 11.8 Å². The highest BCUT2D eigenvalue weighted by molar-refractivity contribution is 7.21. The molecule has 8 rings (SSSR count). The third kappa shape index (κ3) is 8.00. The van der Waals surface area contributed by atoms with Gasteiger partial charge in [0, 0.05) is 70.5 Å². The number of fused-ring (bicyclic) bond motifs is 2. The van der Waals surface area contributed by atoms with Crippen molar-refractivity contribution in [3.05, 3.63) is 95.2 Å². The van der Waals surface area contributed by atoms with Crippen molar-refractivity contribution in [1.82, 2.24) is 9.97 Å². The van der Waals surface area contributed by atoms with E-state index in [-0.39, 0.29) is 0 Å². The molecule has 2 aliphatic carbocycles. The zero-order valence-corrected chi connectivity index (χ0v) is 27.2. The molecule has 0 spiro atoms. The smallest absolute Gasteiger partial charge is 0.258 e. The molecular formula is C36H34N6O3S2. The van der Waals surface area contributed by atoms with Crippen molar-refractivity contribution in [1.29, 1.82) is 0 Å². The fraction of sp³-hybridized carbons (Fsp3) is 0.194. The standard InChI is InChI=1S/C18H17N3OS.C14H11N3OS.C4H6O/c19-18(22)16-7-14-15(9-20-10-17(14)23-16)12-2-1-3-13(6-12)21-8-11-4-5-11;15-9-3-1-2-8(4-9)11-6-17-7-13-10(11)5-12(19-13)14(16)18;5-3-4-1-2-4/h1-3,6-7,9-11,21H,4-5,8H2,(H2,19,22);1-7H,15H2,(H2,16,18);3-4H,1-2H2. The SMILES string of the molecule is NC(=O)c1cc2c(-c3cccc(N)c3)cncc2s1.NC(=O)c1cc2c(-c3cccc(NCC4CC4)c3)cncc2s1.O=CC1CC1. The molecule has 0 unspecified atom stereocenters. The second kappa shape index (κ2) is 14.1. The van der Waals surface area contributed by atoms with Gasteiger partial charge in [0.2, 0.25) is 0 Å². The van der Waals surface area contributed by atoms with E-state index in [2.05, 4.69) is 33.5 Å². The average molecular weight is 663 g/mol. The van der Waals surface area contributed by atoms with Crippen molar-refractivity contribution in [2.24, 2.45) is 23.3 Å². The maximum absolute atomic E-state index is 11.4. The first-order valence-corrected chi connectivity index (χ1v) is 16.9. The van der Waals surface area contributed by atoms with E-state index in [9.17, 15) is 14.4 Å². The van der Waals surface area contributed by atoms with Crippen LogP contribution in [0.3, 0.4) is 0 Å². The number of carbonyl (C=O) groups excluding carboxylic acids is 3. The average Bonchev–Trinajstić information content (AvgIpc) is 4.00. The highest BCUT2D eigenvalue weighted by atomic mass is 32.1. The second-order valence-electron chi connectivity index (χ2n) is 11.7. The molecule has 0 aliphatic heterocycles. The minimum atomic E-state index is -0.417. The number of nitrogens with zero attached hydrogens (tertiary/aromatic N) is 2. The lowest BCUT2D eigenvalue weighted by molar-refractivity contribution is -0.108. The van der Waals surface area contributed by atoms with E-state index in [1.165, 1.54) is 35.5 Å². The Morgan fingerprint density at radius 3 is 1.79 bits per heavy atom. The number of benzene rings is 2. The third-order valence-corrected chi connectivity index (χ3v) is 10.0. The molecule has 2 amide bonds. The van der Waals surface area contributed by atoms with Gasteiger partial charge in [0.1, 0.15) is 6.29 Å². The summed E-state index contributed by atoms with van der Waals surface area (Å²) in [5, 5.41) is 5.49. The number of rotatable bonds is 8. The van der Waals surface area contributed by atoms with Gasteiger partial charge in [-0.05, 0) is 79.1 Å². The predicted octanol–water partition coefficient (Wildman–Crippen LogP) is 7.12. The molecule has 9 nitrogen and oxygen atoms in total. The summed E-state index contributed by atoms with van der Waals surface area (Å²) < 4.78 is 1.92. The number of carbonyl (C=O) groups is 3. The van der Waals surface area contributed by atoms with E-state index in [1.54, 1.807) is 18.6 Å². The van der Waals surface area contributed by atoms with Crippen molar-refractivity contribution in [3.63, 3.8) is 0 Å². The van der Waals surface area contributed by atoms with E-state index in [1.807, 2.05) is 48.7 Å². The normalized spacial score (nSPS) is 13.6. The number of hydrogen-bond donors (Lipinski definition) is 4. The van der Waals surface area contributed by atoms with Crippen LogP contribution in [0.4, 0.5) is 11.4 Å². The highest BCUT2D eigenvalue weighted by Gasteiger charge is 2.21. The number of anilines is 2. The molecule has 4 heterocycles. The Kier molecular flexibility index (Phi) is 9.55.